The van der Waals surface area contributed by atoms with Gasteiger partial charge in [-0.3, -0.25) is 9.88 Å². The first-order valence-electron chi connectivity index (χ1n) is 14.3. The molecule has 41 heavy (non-hydrogen) atoms. The third-order valence-corrected chi connectivity index (χ3v) is 9.24. The fraction of sp³-hybridized carbons (Fsp3) is 0.419. The summed E-state index contributed by atoms with van der Waals surface area (Å²) < 4.78 is 22.9. The number of piperazine rings is 1. The van der Waals surface area contributed by atoms with Gasteiger partial charge >= 0.3 is 6.01 Å². The molecule has 0 bridgehead atoms. The van der Waals surface area contributed by atoms with Crippen LogP contribution in [0.15, 0.2) is 42.6 Å². The van der Waals surface area contributed by atoms with E-state index < -0.39 is 5.82 Å². The Balaban J connectivity index is 1.34. The molecule has 1 atom stereocenters. The molecule has 7 rings (SSSR count). The zero-order valence-corrected chi connectivity index (χ0v) is 23.5. The van der Waals surface area contributed by atoms with E-state index in [1.165, 1.54) is 0 Å². The molecular formula is C31H31ClFN7O. The largest absolute Gasteiger partial charge is 0.461 e. The lowest BCUT2D eigenvalue weighted by atomic mass is 9.95. The molecule has 210 valence electrons. The lowest BCUT2D eigenvalue weighted by Gasteiger charge is -2.34. The van der Waals surface area contributed by atoms with Crippen LogP contribution in [0.4, 0.5) is 10.2 Å². The lowest BCUT2D eigenvalue weighted by Crippen LogP contribution is -2.51. The van der Waals surface area contributed by atoms with Crippen molar-refractivity contribution < 1.29 is 9.13 Å². The summed E-state index contributed by atoms with van der Waals surface area (Å²) in [5, 5.41) is 15.4. The molecule has 8 nitrogen and oxygen atoms in total. The highest BCUT2D eigenvalue weighted by Crippen LogP contribution is 2.40. The number of nitrogens with zero attached hydrogens (tertiary/aromatic N) is 6. The zero-order valence-electron chi connectivity index (χ0n) is 22.7. The lowest BCUT2D eigenvalue weighted by molar-refractivity contribution is 0.108. The first-order chi connectivity index (χ1) is 20.1. The van der Waals surface area contributed by atoms with Gasteiger partial charge < -0.3 is 15.0 Å². The van der Waals surface area contributed by atoms with Gasteiger partial charge in [-0.1, -0.05) is 41.9 Å². The first-order valence-corrected chi connectivity index (χ1v) is 14.7. The fourth-order valence-electron chi connectivity index (χ4n) is 6.93. The molecule has 0 aliphatic carbocycles. The minimum atomic E-state index is -0.534. The van der Waals surface area contributed by atoms with E-state index in [1.807, 2.05) is 30.3 Å². The first kappa shape index (κ1) is 26.3. The van der Waals surface area contributed by atoms with E-state index in [2.05, 4.69) is 31.2 Å². The summed E-state index contributed by atoms with van der Waals surface area (Å²) in [7, 11) is 0. The molecule has 2 aromatic carbocycles. The SMILES string of the molecule is N#CC[C@H]1CN(c2nc(OCC34CCCN3CCC4)nc3c(F)c(-c4cccc5cccc(Cl)c45)ncc23)CCN1. The molecule has 1 N–H and O–H groups in total. The molecule has 0 amide bonds. The normalized spacial score (nSPS) is 20.4. The van der Waals surface area contributed by atoms with E-state index in [4.69, 9.17) is 21.3 Å². The molecule has 3 aliphatic heterocycles. The molecule has 10 heteroatoms. The van der Waals surface area contributed by atoms with E-state index in [0.29, 0.717) is 54.5 Å². The van der Waals surface area contributed by atoms with Crippen LogP contribution in [0.5, 0.6) is 6.01 Å². The molecule has 2 aromatic heterocycles. The van der Waals surface area contributed by atoms with E-state index in [-0.39, 0.29) is 28.8 Å². The van der Waals surface area contributed by atoms with Crippen molar-refractivity contribution in [2.45, 2.75) is 43.7 Å². The number of nitriles is 1. The number of hydrogen-bond acceptors (Lipinski definition) is 8. The van der Waals surface area contributed by atoms with Gasteiger partial charge in [-0.15, -0.1) is 0 Å². The number of ether oxygens (including phenoxy) is 1. The van der Waals surface area contributed by atoms with Crippen LogP contribution in [0.25, 0.3) is 32.9 Å². The zero-order chi connectivity index (χ0) is 28.0. The summed E-state index contributed by atoms with van der Waals surface area (Å²) in [5.74, 6) is 0.0455. The second kappa shape index (κ2) is 10.7. The van der Waals surface area contributed by atoms with Crippen LogP contribution >= 0.6 is 11.6 Å². The Morgan fingerprint density at radius 2 is 1.93 bits per heavy atom. The molecule has 3 aliphatic rings. The van der Waals surface area contributed by atoms with Gasteiger partial charge in [-0.2, -0.15) is 15.2 Å². The van der Waals surface area contributed by atoms with Gasteiger partial charge in [0.05, 0.1) is 23.4 Å². The number of pyridine rings is 1. The number of benzene rings is 2. The summed E-state index contributed by atoms with van der Waals surface area (Å²) >= 11 is 6.59. The summed E-state index contributed by atoms with van der Waals surface area (Å²) in [6.45, 7) is 4.58. The fourth-order valence-corrected chi connectivity index (χ4v) is 7.22. The third kappa shape index (κ3) is 4.64. The highest BCUT2D eigenvalue weighted by molar-refractivity contribution is 6.36. The monoisotopic (exact) mass is 571 g/mol. The summed E-state index contributed by atoms with van der Waals surface area (Å²) in [4.78, 5) is 18.7. The van der Waals surface area contributed by atoms with Crippen molar-refractivity contribution in [1.82, 2.24) is 25.2 Å². The number of nitrogens with one attached hydrogen (secondary N) is 1. The quantitative estimate of drug-likeness (QED) is 0.332. The van der Waals surface area contributed by atoms with Crippen LogP contribution in [-0.2, 0) is 0 Å². The Morgan fingerprint density at radius 1 is 1.12 bits per heavy atom. The molecule has 4 aromatic rings. The van der Waals surface area contributed by atoms with Crippen molar-refractivity contribution in [3.8, 4) is 23.3 Å². The maximum absolute atomic E-state index is 16.6. The number of aromatic nitrogens is 3. The van der Waals surface area contributed by atoms with Crippen molar-refractivity contribution >= 4 is 39.1 Å². The molecule has 0 radical (unpaired) electrons. The van der Waals surface area contributed by atoms with Crippen LogP contribution in [0.3, 0.4) is 0 Å². The molecule has 0 spiro atoms. The van der Waals surface area contributed by atoms with Gasteiger partial charge in [-0.05, 0) is 50.2 Å². The Hall–Kier alpha value is -3.58. The molecule has 3 fully saturated rings. The van der Waals surface area contributed by atoms with Crippen LogP contribution in [-0.4, -0.2) is 70.8 Å². The van der Waals surface area contributed by atoms with Gasteiger partial charge in [0, 0.05) is 47.8 Å². The van der Waals surface area contributed by atoms with Crippen molar-refractivity contribution in [3.63, 3.8) is 0 Å². The highest BCUT2D eigenvalue weighted by Gasteiger charge is 2.45. The number of fused-ring (bicyclic) bond motifs is 3. The van der Waals surface area contributed by atoms with Crippen molar-refractivity contribution in [3.05, 3.63) is 53.4 Å². The van der Waals surface area contributed by atoms with Crippen LogP contribution < -0.4 is 15.0 Å². The maximum Gasteiger partial charge on any atom is 0.319 e. The smallest absolute Gasteiger partial charge is 0.319 e. The predicted octanol–water partition coefficient (Wildman–Crippen LogP) is 5.34. The summed E-state index contributed by atoms with van der Waals surface area (Å²) in [5.41, 5.74) is 0.970. The topological polar surface area (TPSA) is 90.2 Å². The van der Waals surface area contributed by atoms with Crippen LogP contribution in [0.1, 0.15) is 32.1 Å². The average Bonchev–Trinajstić information content (AvgIpc) is 3.57. The van der Waals surface area contributed by atoms with E-state index in [1.54, 1.807) is 12.3 Å². The van der Waals surface area contributed by atoms with Gasteiger partial charge in [0.2, 0.25) is 0 Å². The Morgan fingerprint density at radius 3 is 2.73 bits per heavy atom. The van der Waals surface area contributed by atoms with Gasteiger partial charge in [0.15, 0.2) is 5.82 Å². The van der Waals surface area contributed by atoms with Gasteiger partial charge in [0.1, 0.15) is 23.6 Å². The van der Waals surface area contributed by atoms with Crippen LogP contribution in [0.2, 0.25) is 5.02 Å². The number of rotatable bonds is 6. The maximum atomic E-state index is 16.6. The Labute approximate surface area is 243 Å². The minimum absolute atomic E-state index is 0.00701. The molecule has 3 saturated heterocycles. The van der Waals surface area contributed by atoms with E-state index >= 15 is 4.39 Å². The predicted molar refractivity (Wildman–Crippen MR) is 158 cm³/mol. The summed E-state index contributed by atoms with van der Waals surface area (Å²) in [6, 6.07) is 13.7. The second-order valence-electron chi connectivity index (χ2n) is 11.3. The Bertz CT molecular complexity index is 1660. The van der Waals surface area contributed by atoms with Crippen molar-refractivity contribution in [2.75, 3.05) is 44.2 Å². The standard InChI is InChI=1S/C31H31ClFN7O/c32-24-8-2-6-20-5-1-7-22(25(20)24)27-26(33)28-23(17-36-27)29(39-16-13-35-21(18-39)9-12-34)38-30(37-28)41-19-31-10-3-14-40(31)15-4-11-31/h1-2,5-8,17,21,35H,3-4,9-11,13-16,18-19H2/t21-/m0/s1. The van der Waals surface area contributed by atoms with Crippen molar-refractivity contribution in [2.24, 2.45) is 0 Å². The van der Waals surface area contributed by atoms with E-state index in [0.717, 1.165) is 49.5 Å². The van der Waals surface area contributed by atoms with Crippen LogP contribution in [0, 0.1) is 17.1 Å². The van der Waals surface area contributed by atoms with Gasteiger partial charge in [0.25, 0.3) is 0 Å². The summed E-state index contributed by atoms with van der Waals surface area (Å²) in [6.07, 6.45) is 6.52. The average molecular weight is 572 g/mol. The van der Waals surface area contributed by atoms with Gasteiger partial charge in [-0.25, -0.2) is 4.39 Å². The van der Waals surface area contributed by atoms with E-state index in [9.17, 15) is 5.26 Å². The number of halogens is 2. The molecule has 0 saturated carbocycles. The third-order valence-electron chi connectivity index (χ3n) is 8.93. The highest BCUT2D eigenvalue weighted by atomic mass is 35.5. The second-order valence-corrected chi connectivity index (χ2v) is 11.7. The van der Waals surface area contributed by atoms with Crippen molar-refractivity contribution in [1.29, 1.82) is 5.26 Å². The number of hydrogen-bond donors (Lipinski definition) is 1. The molecule has 5 heterocycles. The number of anilines is 1. The molecule has 0 unspecified atom stereocenters. The molecular weight excluding hydrogens is 541 g/mol. The Kier molecular flexibility index (Phi) is 6.86. The minimum Gasteiger partial charge on any atom is -0.461 e.